The molecule has 1 rings (SSSR count). The van der Waals surface area contributed by atoms with Gasteiger partial charge in [0.2, 0.25) is 0 Å². The van der Waals surface area contributed by atoms with Crippen molar-refractivity contribution < 1.29 is 9.13 Å². The van der Waals surface area contributed by atoms with E-state index in [9.17, 15) is 4.39 Å². The van der Waals surface area contributed by atoms with Gasteiger partial charge in [0.1, 0.15) is 5.82 Å². The molecule has 0 radical (unpaired) electrons. The van der Waals surface area contributed by atoms with E-state index in [2.05, 4.69) is 26.1 Å². The molecule has 0 aromatic heterocycles. The normalized spacial score (nSPS) is 13.5. The van der Waals surface area contributed by atoms with Gasteiger partial charge in [-0.1, -0.05) is 32.4 Å². The van der Waals surface area contributed by atoms with Gasteiger partial charge in [-0.25, -0.2) is 4.39 Å². The van der Waals surface area contributed by atoms with Crippen LogP contribution in [-0.4, -0.2) is 26.8 Å². The lowest BCUT2D eigenvalue weighted by molar-refractivity contribution is 0.186. The quantitative estimate of drug-likeness (QED) is 0.771. The van der Waals surface area contributed by atoms with Crippen molar-refractivity contribution in [3.63, 3.8) is 0 Å². The molecule has 0 bridgehead atoms. The first-order valence-electron chi connectivity index (χ1n) is 6.98. The number of rotatable bonds is 7. The second-order valence-electron chi connectivity index (χ2n) is 6.20. The first-order valence-corrected chi connectivity index (χ1v) is 7.36. The molecule has 2 nitrogen and oxygen atoms in total. The second-order valence-corrected chi connectivity index (χ2v) is 6.64. The van der Waals surface area contributed by atoms with Crippen molar-refractivity contribution in [2.75, 3.05) is 26.8 Å². The molecule has 1 aromatic carbocycles. The maximum absolute atomic E-state index is 13.9. The minimum atomic E-state index is -0.180. The fourth-order valence-corrected chi connectivity index (χ4v) is 2.29. The number of hydrogen-bond donors (Lipinski definition) is 1. The van der Waals surface area contributed by atoms with E-state index < -0.39 is 0 Å². The fraction of sp³-hybridized carbons (Fsp3) is 0.625. The zero-order valence-corrected chi connectivity index (χ0v) is 13.6. The van der Waals surface area contributed by atoms with Crippen molar-refractivity contribution >= 4 is 11.6 Å². The molecule has 4 heteroatoms. The lowest BCUT2D eigenvalue weighted by Gasteiger charge is -2.31. The summed E-state index contributed by atoms with van der Waals surface area (Å²) in [6, 6.07) is 4.75. The third kappa shape index (κ3) is 5.78. The van der Waals surface area contributed by atoms with E-state index in [0.717, 1.165) is 13.1 Å². The van der Waals surface area contributed by atoms with Gasteiger partial charge in [0.15, 0.2) is 0 Å². The van der Waals surface area contributed by atoms with Crippen LogP contribution in [0.2, 0.25) is 5.02 Å². The van der Waals surface area contributed by atoms with Gasteiger partial charge in [-0.2, -0.15) is 0 Å². The number of benzene rings is 1. The Kier molecular flexibility index (Phi) is 6.93. The summed E-state index contributed by atoms with van der Waals surface area (Å²) in [5.74, 6) is 0.146. The summed E-state index contributed by atoms with van der Waals surface area (Å²) in [5, 5.41) is 3.95. The predicted molar refractivity (Wildman–Crippen MR) is 82.8 cm³/mol. The number of hydrogen-bond acceptors (Lipinski definition) is 2. The molecule has 0 fully saturated rings. The molecule has 0 aliphatic heterocycles. The van der Waals surface area contributed by atoms with Gasteiger partial charge in [-0.3, -0.25) is 0 Å². The van der Waals surface area contributed by atoms with E-state index in [1.165, 1.54) is 6.07 Å². The van der Waals surface area contributed by atoms with Crippen molar-refractivity contribution in [3.05, 3.63) is 34.6 Å². The minimum absolute atomic E-state index is 0.0921. The van der Waals surface area contributed by atoms with Crippen LogP contribution in [0, 0.1) is 17.2 Å². The van der Waals surface area contributed by atoms with Crippen LogP contribution < -0.4 is 5.32 Å². The average Bonchev–Trinajstić information content (AvgIpc) is 2.36. The largest absolute Gasteiger partial charge is 0.383 e. The third-order valence-corrected chi connectivity index (χ3v) is 3.81. The van der Waals surface area contributed by atoms with Gasteiger partial charge in [0.05, 0.1) is 6.61 Å². The summed E-state index contributed by atoms with van der Waals surface area (Å²) < 4.78 is 18.9. The number of methoxy groups -OCH3 is 1. The van der Waals surface area contributed by atoms with Crippen molar-refractivity contribution in [1.82, 2.24) is 5.32 Å². The molecule has 0 aliphatic rings. The monoisotopic (exact) mass is 301 g/mol. The molecular formula is C16H25ClFNO. The molecule has 0 amide bonds. The van der Waals surface area contributed by atoms with Gasteiger partial charge in [-0.15, -0.1) is 0 Å². The van der Waals surface area contributed by atoms with Gasteiger partial charge in [0.25, 0.3) is 0 Å². The van der Waals surface area contributed by atoms with Gasteiger partial charge < -0.3 is 10.1 Å². The molecule has 0 heterocycles. The van der Waals surface area contributed by atoms with Gasteiger partial charge in [-0.05, 0) is 48.1 Å². The molecule has 0 aliphatic carbocycles. The van der Waals surface area contributed by atoms with Crippen LogP contribution >= 0.6 is 11.6 Å². The Morgan fingerprint density at radius 1 is 1.35 bits per heavy atom. The lowest BCUT2D eigenvalue weighted by Crippen LogP contribution is -2.35. The third-order valence-electron chi connectivity index (χ3n) is 3.57. The van der Waals surface area contributed by atoms with E-state index in [1.54, 1.807) is 19.2 Å². The van der Waals surface area contributed by atoms with E-state index in [-0.39, 0.29) is 11.2 Å². The van der Waals surface area contributed by atoms with Crippen LogP contribution in [0.5, 0.6) is 0 Å². The van der Waals surface area contributed by atoms with E-state index >= 15 is 0 Å². The zero-order valence-electron chi connectivity index (χ0n) is 12.8. The summed E-state index contributed by atoms with van der Waals surface area (Å²) >= 11 is 5.96. The predicted octanol–water partition coefficient (Wildman–Crippen LogP) is 3.92. The SMILES string of the molecule is COCCNCC(Cc1cc(Cl)ccc1F)C(C)(C)C. The smallest absolute Gasteiger partial charge is 0.126 e. The van der Waals surface area contributed by atoms with Crippen molar-refractivity contribution in [2.45, 2.75) is 27.2 Å². The molecule has 0 saturated heterocycles. The topological polar surface area (TPSA) is 21.3 Å². The molecule has 1 aromatic rings. The fourth-order valence-electron chi connectivity index (χ4n) is 2.10. The average molecular weight is 302 g/mol. The number of nitrogens with one attached hydrogen (secondary N) is 1. The first kappa shape index (κ1) is 17.4. The Balaban J connectivity index is 2.71. The van der Waals surface area contributed by atoms with Crippen LogP contribution in [0.25, 0.3) is 0 Å². The van der Waals surface area contributed by atoms with E-state index in [1.807, 2.05) is 0 Å². The Morgan fingerprint density at radius 3 is 2.65 bits per heavy atom. The highest BCUT2D eigenvalue weighted by Crippen LogP contribution is 2.30. The molecule has 1 N–H and O–H groups in total. The van der Waals surface area contributed by atoms with Crippen molar-refractivity contribution in [3.8, 4) is 0 Å². The van der Waals surface area contributed by atoms with Crippen LogP contribution in [0.15, 0.2) is 18.2 Å². The summed E-state index contributed by atoms with van der Waals surface area (Å²) in [6.45, 7) is 8.86. The maximum atomic E-state index is 13.9. The van der Waals surface area contributed by atoms with Crippen LogP contribution in [0.1, 0.15) is 26.3 Å². The Labute approximate surface area is 126 Å². The Bertz CT molecular complexity index is 417. The lowest BCUT2D eigenvalue weighted by atomic mass is 9.77. The molecule has 0 spiro atoms. The molecule has 114 valence electrons. The highest BCUT2D eigenvalue weighted by Gasteiger charge is 2.25. The number of halogens is 2. The van der Waals surface area contributed by atoms with Crippen LogP contribution in [0.4, 0.5) is 4.39 Å². The molecule has 1 atom stereocenters. The summed E-state index contributed by atoms with van der Waals surface area (Å²) in [6.07, 6.45) is 0.676. The first-order chi connectivity index (χ1) is 9.34. The minimum Gasteiger partial charge on any atom is -0.383 e. The maximum Gasteiger partial charge on any atom is 0.126 e. The Hall–Kier alpha value is -0.640. The zero-order chi connectivity index (χ0) is 15.2. The van der Waals surface area contributed by atoms with Crippen LogP contribution in [-0.2, 0) is 11.2 Å². The van der Waals surface area contributed by atoms with Gasteiger partial charge >= 0.3 is 0 Å². The molecule has 20 heavy (non-hydrogen) atoms. The molecule has 0 saturated carbocycles. The molecular weight excluding hydrogens is 277 g/mol. The van der Waals surface area contributed by atoms with Crippen molar-refractivity contribution in [1.29, 1.82) is 0 Å². The summed E-state index contributed by atoms with van der Waals surface area (Å²) in [4.78, 5) is 0. The summed E-state index contributed by atoms with van der Waals surface area (Å²) in [7, 11) is 1.68. The number of ether oxygens (including phenoxy) is 1. The highest BCUT2D eigenvalue weighted by molar-refractivity contribution is 6.30. The summed E-state index contributed by atoms with van der Waals surface area (Å²) in [5.41, 5.74) is 0.778. The van der Waals surface area contributed by atoms with Gasteiger partial charge in [0, 0.05) is 18.7 Å². The van der Waals surface area contributed by atoms with E-state index in [4.69, 9.17) is 16.3 Å². The second kappa shape index (κ2) is 7.96. The van der Waals surface area contributed by atoms with Crippen LogP contribution in [0.3, 0.4) is 0 Å². The van der Waals surface area contributed by atoms with E-state index in [0.29, 0.717) is 29.5 Å². The van der Waals surface area contributed by atoms with Crippen molar-refractivity contribution in [2.24, 2.45) is 11.3 Å². The Morgan fingerprint density at radius 2 is 2.05 bits per heavy atom. The highest BCUT2D eigenvalue weighted by atomic mass is 35.5. The standard InChI is InChI=1S/C16H25ClFNO/c1-16(2,3)13(11-19-7-8-20-4)9-12-10-14(17)5-6-15(12)18/h5-6,10,13,19H,7-9,11H2,1-4H3. The molecule has 1 unspecified atom stereocenters.